The average molecular weight is 338 g/mol. The van der Waals surface area contributed by atoms with Crippen molar-refractivity contribution in [3.8, 4) is 0 Å². The van der Waals surface area contributed by atoms with Gasteiger partial charge in [-0.1, -0.05) is 29.3 Å². The van der Waals surface area contributed by atoms with E-state index in [9.17, 15) is 9.59 Å². The molecule has 2 atom stereocenters. The van der Waals surface area contributed by atoms with E-state index in [4.69, 9.17) is 0 Å². The predicted octanol–water partition coefficient (Wildman–Crippen LogP) is 3.73. The average Bonchev–Trinajstić information content (AvgIpc) is 2.72. The Kier molecular flexibility index (Phi) is 4.63. The minimum atomic E-state index is -0.117. The number of ketones is 1. The van der Waals surface area contributed by atoms with Crippen molar-refractivity contribution in [2.75, 3.05) is 4.90 Å². The molecular formula is C16H20BrNO2. The molecule has 2 unspecified atom stereocenters. The largest absolute Gasteiger partial charge is 0.309 e. The fourth-order valence-electron chi connectivity index (χ4n) is 2.83. The van der Waals surface area contributed by atoms with Crippen molar-refractivity contribution >= 4 is 33.3 Å². The van der Waals surface area contributed by atoms with Crippen LogP contribution in [0.4, 0.5) is 5.69 Å². The molecule has 1 aromatic carbocycles. The topological polar surface area (TPSA) is 37.4 Å². The second-order valence-electron chi connectivity index (χ2n) is 5.41. The smallest absolute Gasteiger partial charge is 0.224 e. The summed E-state index contributed by atoms with van der Waals surface area (Å²) in [5.41, 5.74) is 2.77. The first kappa shape index (κ1) is 15.2. The highest BCUT2D eigenvalue weighted by molar-refractivity contribution is 9.10. The third-order valence-corrected chi connectivity index (χ3v) is 4.62. The molecule has 0 aliphatic carbocycles. The lowest BCUT2D eigenvalue weighted by molar-refractivity contribution is -0.116. The fourth-order valence-corrected chi connectivity index (χ4v) is 3.55. The van der Waals surface area contributed by atoms with Crippen molar-refractivity contribution < 1.29 is 9.59 Å². The van der Waals surface area contributed by atoms with Gasteiger partial charge in [0.25, 0.3) is 0 Å². The highest BCUT2D eigenvalue weighted by Crippen LogP contribution is 2.33. The molecule has 1 aromatic rings. The van der Waals surface area contributed by atoms with Crippen LogP contribution in [0.1, 0.15) is 49.5 Å². The Morgan fingerprint density at radius 2 is 2.15 bits per heavy atom. The predicted molar refractivity (Wildman–Crippen MR) is 84.7 cm³/mol. The summed E-state index contributed by atoms with van der Waals surface area (Å²) in [6.07, 6.45) is 2.63. The van der Waals surface area contributed by atoms with Gasteiger partial charge >= 0.3 is 0 Å². The molecule has 0 saturated heterocycles. The molecule has 0 spiro atoms. The van der Waals surface area contributed by atoms with Crippen LogP contribution in [-0.2, 0) is 11.2 Å². The number of carbonyl (C=O) groups excluding carboxylic acids is 2. The van der Waals surface area contributed by atoms with Crippen LogP contribution in [0.2, 0.25) is 0 Å². The number of anilines is 1. The van der Waals surface area contributed by atoms with Crippen molar-refractivity contribution in [3.05, 3.63) is 29.3 Å². The number of amides is 1. The first-order chi connectivity index (χ1) is 9.45. The number of benzene rings is 1. The van der Waals surface area contributed by atoms with Crippen molar-refractivity contribution in [2.24, 2.45) is 0 Å². The molecule has 3 nitrogen and oxygen atoms in total. The van der Waals surface area contributed by atoms with Gasteiger partial charge in [0.1, 0.15) is 0 Å². The third kappa shape index (κ3) is 2.80. The Labute approximate surface area is 128 Å². The van der Waals surface area contributed by atoms with Crippen LogP contribution in [0.25, 0.3) is 0 Å². The second-order valence-corrected chi connectivity index (χ2v) is 6.51. The number of carbonyl (C=O) groups is 2. The number of hydrogen-bond acceptors (Lipinski definition) is 2. The highest BCUT2D eigenvalue weighted by Gasteiger charge is 2.29. The standard InChI is InChI=1S/C16H20BrNO2/c1-4-5-14(17)16(20)12-6-7-15-13(9-12)8-10(2)18(15)11(3)19/h6-7,9-10,14H,4-5,8H2,1-3H3. The van der Waals surface area contributed by atoms with E-state index < -0.39 is 0 Å². The third-order valence-electron chi connectivity index (χ3n) is 3.75. The molecule has 1 aliphatic rings. The maximum atomic E-state index is 12.3. The molecule has 1 amide bonds. The van der Waals surface area contributed by atoms with Crippen molar-refractivity contribution in [1.82, 2.24) is 0 Å². The van der Waals surface area contributed by atoms with Gasteiger partial charge in [-0.05, 0) is 43.5 Å². The number of rotatable bonds is 4. The van der Waals surface area contributed by atoms with Gasteiger partial charge in [0.05, 0.1) is 4.83 Å². The molecule has 0 fully saturated rings. The lowest BCUT2D eigenvalue weighted by Gasteiger charge is -2.20. The Morgan fingerprint density at radius 3 is 2.75 bits per heavy atom. The molecule has 2 rings (SSSR count). The molecule has 0 N–H and O–H groups in total. The minimum absolute atomic E-state index is 0.0553. The van der Waals surface area contributed by atoms with Gasteiger partial charge in [0.15, 0.2) is 5.78 Å². The lowest BCUT2D eigenvalue weighted by Crippen LogP contribution is -2.33. The normalized spacial score (nSPS) is 18.8. The van der Waals surface area contributed by atoms with Crippen molar-refractivity contribution in [1.29, 1.82) is 0 Å². The maximum absolute atomic E-state index is 12.3. The summed E-state index contributed by atoms with van der Waals surface area (Å²) in [7, 11) is 0. The van der Waals surface area contributed by atoms with Crippen LogP contribution in [0.15, 0.2) is 18.2 Å². The van der Waals surface area contributed by atoms with E-state index in [0.717, 1.165) is 36.1 Å². The van der Waals surface area contributed by atoms with E-state index in [1.165, 1.54) is 0 Å². The molecule has 1 heterocycles. The Balaban J connectivity index is 2.28. The van der Waals surface area contributed by atoms with Crippen molar-refractivity contribution in [3.63, 3.8) is 0 Å². The molecule has 108 valence electrons. The maximum Gasteiger partial charge on any atom is 0.224 e. The quantitative estimate of drug-likeness (QED) is 0.620. The molecule has 20 heavy (non-hydrogen) atoms. The van der Waals surface area contributed by atoms with Gasteiger partial charge in [-0.2, -0.15) is 0 Å². The van der Waals surface area contributed by atoms with E-state index in [1.807, 2.05) is 25.1 Å². The molecule has 0 bridgehead atoms. The molecule has 0 saturated carbocycles. The van der Waals surface area contributed by atoms with Gasteiger partial charge in [0, 0.05) is 24.2 Å². The number of halogens is 1. The van der Waals surface area contributed by atoms with Gasteiger partial charge in [-0.25, -0.2) is 0 Å². The zero-order valence-corrected chi connectivity index (χ0v) is 13.7. The summed E-state index contributed by atoms with van der Waals surface area (Å²) < 4.78 is 0. The minimum Gasteiger partial charge on any atom is -0.309 e. The van der Waals surface area contributed by atoms with Gasteiger partial charge in [-0.3, -0.25) is 9.59 Å². The van der Waals surface area contributed by atoms with E-state index >= 15 is 0 Å². The number of nitrogens with zero attached hydrogens (tertiary/aromatic N) is 1. The number of hydrogen-bond donors (Lipinski definition) is 0. The first-order valence-electron chi connectivity index (χ1n) is 7.06. The number of fused-ring (bicyclic) bond motifs is 1. The van der Waals surface area contributed by atoms with Gasteiger partial charge < -0.3 is 4.90 Å². The van der Waals surface area contributed by atoms with Gasteiger partial charge in [0.2, 0.25) is 5.91 Å². The summed E-state index contributed by atoms with van der Waals surface area (Å²) in [5.74, 6) is 0.184. The number of Topliss-reactive ketones (excluding diaryl/α,β-unsaturated/α-hetero) is 1. The van der Waals surface area contributed by atoms with Crippen LogP contribution in [0.5, 0.6) is 0 Å². The van der Waals surface area contributed by atoms with Gasteiger partial charge in [-0.15, -0.1) is 0 Å². The molecular weight excluding hydrogens is 318 g/mol. The summed E-state index contributed by atoms with van der Waals surface area (Å²) >= 11 is 3.45. The van der Waals surface area contributed by atoms with E-state index in [-0.39, 0.29) is 22.6 Å². The molecule has 0 radical (unpaired) electrons. The highest BCUT2D eigenvalue weighted by atomic mass is 79.9. The van der Waals surface area contributed by atoms with E-state index in [1.54, 1.807) is 11.8 Å². The zero-order valence-electron chi connectivity index (χ0n) is 12.1. The van der Waals surface area contributed by atoms with E-state index in [2.05, 4.69) is 22.9 Å². The molecule has 4 heteroatoms. The first-order valence-corrected chi connectivity index (χ1v) is 7.98. The van der Waals surface area contributed by atoms with Crippen LogP contribution >= 0.6 is 15.9 Å². The Hall–Kier alpha value is -1.16. The van der Waals surface area contributed by atoms with Crippen LogP contribution in [0.3, 0.4) is 0 Å². The Bertz CT molecular complexity index is 541. The Morgan fingerprint density at radius 1 is 1.45 bits per heavy atom. The van der Waals surface area contributed by atoms with Crippen LogP contribution < -0.4 is 4.90 Å². The number of alkyl halides is 1. The van der Waals surface area contributed by atoms with Crippen LogP contribution in [-0.4, -0.2) is 22.6 Å². The SMILES string of the molecule is CCCC(Br)C(=O)c1ccc2c(c1)CC(C)N2C(C)=O. The summed E-state index contributed by atoms with van der Waals surface area (Å²) in [5, 5.41) is 0. The van der Waals surface area contributed by atoms with Crippen molar-refractivity contribution in [2.45, 2.75) is 50.9 Å². The second kappa shape index (κ2) is 6.08. The summed E-state index contributed by atoms with van der Waals surface area (Å²) in [6.45, 7) is 5.68. The summed E-state index contributed by atoms with van der Waals surface area (Å²) in [6, 6.07) is 5.85. The van der Waals surface area contributed by atoms with E-state index in [0.29, 0.717) is 0 Å². The lowest BCUT2D eigenvalue weighted by atomic mass is 10.0. The van der Waals surface area contributed by atoms with Crippen LogP contribution in [0, 0.1) is 0 Å². The monoisotopic (exact) mass is 337 g/mol. The fraction of sp³-hybridized carbons (Fsp3) is 0.500. The molecule has 0 aromatic heterocycles. The summed E-state index contributed by atoms with van der Waals surface area (Å²) in [4.78, 5) is 25.7. The molecule has 1 aliphatic heterocycles. The zero-order chi connectivity index (χ0) is 14.9.